The summed E-state index contributed by atoms with van der Waals surface area (Å²) in [4.78, 5) is 26.0. The summed E-state index contributed by atoms with van der Waals surface area (Å²) in [6, 6.07) is 8.42. The molecule has 0 aliphatic carbocycles. The lowest BCUT2D eigenvalue weighted by atomic mass is 10.1. The molecule has 3 N–H and O–H groups in total. The van der Waals surface area contributed by atoms with E-state index in [-0.39, 0.29) is 12.3 Å². The zero-order valence-electron chi connectivity index (χ0n) is 11.0. The Morgan fingerprint density at radius 3 is 2.62 bits per heavy atom. The third-order valence-electron chi connectivity index (χ3n) is 2.79. The minimum atomic E-state index is -0.405. The molecule has 1 aromatic carbocycles. The van der Waals surface area contributed by atoms with Crippen LogP contribution < -0.4 is 10.9 Å². The molecule has 21 heavy (non-hydrogen) atoms. The molecule has 0 saturated heterocycles. The minimum Gasteiger partial charge on any atom is -0.357 e. The Bertz CT molecular complexity index is 642. The molecule has 5 nitrogen and oxygen atoms in total. The van der Waals surface area contributed by atoms with Crippen LogP contribution in [0.5, 0.6) is 0 Å². The van der Waals surface area contributed by atoms with E-state index in [1.54, 1.807) is 36.5 Å². The van der Waals surface area contributed by atoms with E-state index < -0.39 is 5.91 Å². The zero-order chi connectivity index (χ0) is 15.2. The van der Waals surface area contributed by atoms with Crippen molar-refractivity contribution in [3.8, 4) is 0 Å². The summed E-state index contributed by atoms with van der Waals surface area (Å²) >= 11 is 11.8. The number of carbonyl (C=O) groups is 2. The Hall–Kier alpha value is -1.98. The molecule has 0 saturated carbocycles. The summed E-state index contributed by atoms with van der Waals surface area (Å²) in [6.07, 6.45) is 2.28. The number of hydrogen-bond donors (Lipinski definition) is 3. The third-order valence-corrected chi connectivity index (χ3v) is 3.38. The van der Waals surface area contributed by atoms with E-state index >= 15 is 0 Å². The van der Waals surface area contributed by atoms with Gasteiger partial charge in [0.25, 0.3) is 5.91 Å². The first-order valence-corrected chi connectivity index (χ1v) is 6.98. The molecule has 7 heteroatoms. The molecule has 2 aromatic rings. The number of benzene rings is 1. The highest BCUT2D eigenvalue weighted by Gasteiger charge is 2.09. The molecule has 0 aliphatic rings. The van der Waals surface area contributed by atoms with Crippen LogP contribution in [0.1, 0.15) is 22.5 Å². The monoisotopic (exact) mass is 325 g/mol. The fraction of sp³-hybridized carbons (Fsp3) is 0.143. The van der Waals surface area contributed by atoms with Gasteiger partial charge in [0.05, 0.1) is 0 Å². The van der Waals surface area contributed by atoms with Crippen LogP contribution in [0.15, 0.2) is 36.5 Å². The maximum absolute atomic E-state index is 11.7. The molecule has 0 unspecified atom stereocenters. The highest BCUT2D eigenvalue weighted by molar-refractivity contribution is 6.35. The van der Waals surface area contributed by atoms with Crippen molar-refractivity contribution in [1.29, 1.82) is 0 Å². The van der Waals surface area contributed by atoms with Crippen molar-refractivity contribution in [2.75, 3.05) is 0 Å². The fourth-order valence-electron chi connectivity index (χ4n) is 1.70. The number of carbonyl (C=O) groups excluding carboxylic acids is 2. The van der Waals surface area contributed by atoms with Gasteiger partial charge in [-0.05, 0) is 36.2 Å². The van der Waals surface area contributed by atoms with Crippen molar-refractivity contribution in [1.82, 2.24) is 15.8 Å². The standard InChI is InChI=1S/C14H13Cl2N3O2/c15-10-5-3-9(11(16)8-10)4-6-13(20)18-19-14(21)12-2-1-7-17-12/h1-3,5,7-8,17H,4,6H2,(H,18,20)(H,19,21). The highest BCUT2D eigenvalue weighted by atomic mass is 35.5. The zero-order valence-corrected chi connectivity index (χ0v) is 12.5. The van der Waals surface area contributed by atoms with Crippen LogP contribution in [-0.2, 0) is 11.2 Å². The summed E-state index contributed by atoms with van der Waals surface area (Å²) in [5.41, 5.74) is 5.86. The van der Waals surface area contributed by atoms with Gasteiger partial charge >= 0.3 is 0 Å². The molecule has 0 atom stereocenters. The van der Waals surface area contributed by atoms with Gasteiger partial charge in [0, 0.05) is 22.7 Å². The molecule has 2 rings (SSSR count). The number of hydrazine groups is 1. The van der Waals surface area contributed by atoms with Crippen LogP contribution in [0.3, 0.4) is 0 Å². The number of nitrogens with one attached hydrogen (secondary N) is 3. The number of aromatic nitrogens is 1. The maximum atomic E-state index is 11.7. The minimum absolute atomic E-state index is 0.201. The average Bonchev–Trinajstić information content (AvgIpc) is 2.98. The van der Waals surface area contributed by atoms with Crippen molar-refractivity contribution < 1.29 is 9.59 Å². The Morgan fingerprint density at radius 1 is 1.14 bits per heavy atom. The Morgan fingerprint density at radius 2 is 1.95 bits per heavy atom. The van der Waals surface area contributed by atoms with Crippen LogP contribution in [0.2, 0.25) is 10.0 Å². The maximum Gasteiger partial charge on any atom is 0.286 e. The molecular formula is C14H13Cl2N3O2. The van der Waals surface area contributed by atoms with E-state index in [0.29, 0.717) is 22.2 Å². The Labute approximate surface area is 131 Å². The van der Waals surface area contributed by atoms with Gasteiger partial charge in [0.15, 0.2) is 0 Å². The number of H-pyrrole nitrogens is 1. The normalized spacial score (nSPS) is 10.2. The van der Waals surface area contributed by atoms with E-state index in [1.807, 2.05) is 0 Å². The Balaban J connectivity index is 1.78. The second-order valence-electron chi connectivity index (χ2n) is 4.32. The number of halogens is 2. The average molecular weight is 326 g/mol. The van der Waals surface area contributed by atoms with Gasteiger partial charge in [0.2, 0.25) is 5.91 Å². The quantitative estimate of drug-likeness (QED) is 0.756. The summed E-state index contributed by atoms with van der Waals surface area (Å²) < 4.78 is 0. The van der Waals surface area contributed by atoms with Gasteiger partial charge in [0.1, 0.15) is 5.69 Å². The van der Waals surface area contributed by atoms with Gasteiger partial charge in [-0.1, -0.05) is 29.3 Å². The second kappa shape index (κ2) is 7.15. The van der Waals surface area contributed by atoms with E-state index in [1.165, 1.54) is 0 Å². The molecule has 0 aliphatic heterocycles. The molecule has 0 fully saturated rings. The van der Waals surface area contributed by atoms with E-state index in [4.69, 9.17) is 23.2 Å². The summed E-state index contributed by atoms with van der Waals surface area (Å²) in [5.74, 6) is -0.709. The first-order valence-electron chi connectivity index (χ1n) is 6.23. The van der Waals surface area contributed by atoms with Crippen molar-refractivity contribution in [2.45, 2.75) is 12.8 Å². The van der Waals surface area contributed by atoms with Crippen molar-refractivity contribution in [3.63, 3.8) is 0 Å². The molecule has 2 amide bonds. The number of hydrogen-bond acceptors (Lipinski definition) is 2. The highest BCUT2D eigenvalue weighted by Crippen LogP contribution is 2.21. The number of aromatic amines is 1. The van der Waals surface area contributed by atoms with E-state index in [0.717, 1.165) is 5.56 Å². The summed E-state index contributed by atoms with van der Waals surface area (Å²) in [6.45, 7) is 0. The summed E-state index contributed by atoms with van der Waals surface area (Å²) in [5, 5.41) is 1.07. The largest absolute Gasteiger partial charge is 0.357 e. The lowest BCUT2D eigenvalue weighted by Gasteiger charge is -2.07. The smallest absolute Gasteiger partial charge is 0.286 e. The SMILES string of the molecule is O=C(CCc1ccc(Cl)cc1Cl)NNC(=O)c1ccc[nH]1. The van der Waals surface area contributed by atoms with Crippen LogP contribution in [0, 0.1) is 0 Å². The van der Waals surface area contributed by atoms with Crippen LogP contribution in [-0.4, -0.2) is 16.8 Å². The fourth-order valence-corrected chi connectivity index (χ4v) is 2.20. The number of amides is 2. The summed E-state index contributed by atoms with van der Waals surface area (Å²) in [7, 11) is 0. The van der Waals surface area contributed by atoms with Crippen LogP contribution in [0.4, 0.5) is 0 Å². The van der Waals surface area contributed by atoms with E-state index in [2.05, 4.69) is 15.8 Å². The third kappa shape index (κ3) is 4.51. The van der Waals surface area contributed by atoms with Crippen molar-refractivity contribution in [2.24, 2.45) is 0 Å². The van der Waals surface area contributed by atoms with Gasteiger partial charge in [-0.15, -0.1) is 0 Å². The first kappa shape index (κ1) is 15.4. The molecule has 0 bridgehead atoms. The van der Waals surface area contributed by atoms with Crippen molar-refractivity contribution >= 4 is 35.0 Å². The molecule has 0 spiro atoms. The molecule has 1 heterocycles. The molecular weight excluding hydrogens is 313 g/mol. The topological polar surface area (TPSA) is 74.0 Å². The number of rotatable bonds is 4. The van der Waals surface area contributed by atoms with E-state index in [9.17, 15) is 9.59 Å². The van der Waals surface area contributed by atoms with Crippen molar-refractivity contribution in [3.05, 3.63) is 57.8 Å². The van der Waals surface area contributed by atoms with Gasteiger partial charge in [-0.2, -0.15) is 0 Å². The van der Waals surface area contributed by atoms with Gasteiger partial charge < -0.3 is 4.98 Å². The van der Waals surface area contributed by atoms with Gasteiger partial charge in [-0.3, -0.25) is 20.4 Å². The Kier molecular flexibility index (Phi) is 5.25. The lowest BCUT2D eigenvalue weighted by molar-refractivity contribution is -0.121. The van der Waals surface area contributed by atoms with Crippen LogP contribution >= 0.6 is 23.2 Å². The lowest BCUT2D eigenvalue weighted by Crippen LogP contribution is -2.41. The molecule has 110 valence electrons. The first-order chi connectivity index (χ1) is 10.1. The van der Waals surface area contributed by atoms with Gasteiger partial charge in [-0.25, -0.2) is 0 Å². The van der Waals surface area contributed by atoms with Crippen LogP contribution in [0.25, 0.3) is 0 Å². The second-order valence-corrected chi connectivity index (χ2v) is 5.17. The number of aryl methyl sites for hydroxylation is 1. The molecule has 1 aromatic heterocycles. The predicted octanol–water partition coefficient (Wildman–Crippen LogP) is 2.72. The molecule has 0 radical (unpaired) electrons. The predicted molar refractivity (Wildman–Crippen MR) is 81.2 cm³/mol.